The Bertz CT molecular complexity index is 421. The van der Waals surface area contributed by atoms with Gasteiger partial charge in [0.15, 0.2) is 0 Å². The first-order valence-corrected chi connectivity index (χ1v) is 8.45. The molecule has 1 N–H and O–H groups in total. The van der Waals surface area contributed by atoms with Crippen molar-refractivity contribution in [2.24, 2.45) is 5.92 Å². The zero-order valence-corrected chi connectivity index (χ0v) is 13.2. The molecule has 2 aliphatic rings. The van der Waals surface area contributed by atoms with Gasteiger partial charge in [-0.1, -0.05) is 17.7 Å². The molecule has 3 nitrogen and oxygen atoms in total. The second-order valence-corrected chi connectivity index (χ2v) is 6.58. The van der Waals surface area contributed by atoms with E-state index < -0.39 is 0 Å². The lowest BCUT2D eigenvalue weighted by Gasteiger charge is -2.30. The largest absolute Gasteiger partial charge is 0.492 e. The van der Waals surface area contributed by atoms with E-state index in [1.165, 1.54) is 50.9 Å². The average Bonchev–Trinajstić information content (AvgIpc) is 3.34. The lowest BCUT2D eigenvalue weighted by atomic mass is 9.97. The van der Waals surface area contributed by atoms with Crippen molar-refractivity contribution in [2.45, 2.75) is 38.6 Å². The highest BCUT2D eigenvalue weighted by Gasteiger charge is 2.30. The normalized spacial score (nSPS) is 19.9. The van der Waals surface area contributed by atoms with Gasteiger partial charge in [0.05, 0.1) is 0 Å². The van der Waals surface area contributed by atoms with E-state index in [-0.39, 0.29) is 0 Å². The van der Waals surface area contributed by atoms with Crippen LogP contribution in [0, 0.1) is 12.8 Å². The Morgan fingerprint density at radius 2 is 1.81 bits per heavy atom. The molecule has 21 heavy (non-hydrogen) atoms. The minimum Gasteiger partial charge on any atom is -0.492 e. The number of benzene rings is 1. The molecule has 1 aromatic rings. The van der Waals surface area contributed by atoms with Gasteiger partial charge in [-0.25, -0.2) is 0 Å². The van der Waals surface area contributed by atoms with Crippen LogP contribution >= 0.6 is 0 Å². The Morgan fingerprint density at radius 3 is 2.48 bits per heavy atom. The summed E-state index contributed by atoms with van der Waals surface area (Å²) < 4.78 is 5.90. The van der Waals surface area contributed by atoms with Gasteiger partial charge in [0.25, 0.3) is 0 Å². The molecule has 0 radical (unpaired) electrons. The zero-order valence-electron chi connectivity index (χ0n) is 13.2. The maximum absolute atomic E-state index is 5.90. The van der Waals surface area contributed by atoms with Crippen LogP contribution in [-0.2, 0) is 0 Å². The second kappa shape index (κ2) is 7.28. The van der Waals surface area contributed by atoms with Crippen LogP contribution in [0.15, 0.2) is 24.3 Å². The van der Waals surface area contributed by atoms with Crippen LogP contribution in [0.25, 0.3) is 0 Å². The highest BCUT2D eigenvalue weighted by Crippen LogP contribution is 2.28. The maximum atomic E-state index is 5.90. The summed E-state index contributed by atoms with van der Waals surface area (Å²) in [6, 6.07) is 9.21. The first kappa shape index (κ1) is 14.9. The summed E-state index contributed by atoms with van der Waals surface area (Å²) in [5, 5.41) is 3.46. The van der Waals surface area contributed by atoms with Gasteiger partial charge in [0, 0.05) is 19.1 Å². The van der Waals surface area contributed by atoms with E-state index in [0.717, 1.165) is 30.9 Å². The zero-order chi connectivity index (χ0) is 14.5. The summed E-state index contributed by atoms with van der Waals surface area (Å²) in [7, 11) is 0. The fourth-order valence-electron chi connectivity index (χ4n) is 3.17. The van der Waals surface area contributed by atoms with Crippen molar-refractivity contribution in [3.63, 3.8) is 0 Å². The van der Waals surface area contributed by atoms with Gasteiger partial charge in [-0.15, -0.1) is 0 Å². The number of nitrogens with zero attached hydrogens (tertiary/aromatic N) is 1. The molecule has 0 spiro atoms. The van der Waals surface area contributed by atoms with Crippen molar-refractivity contribution < 1.29 is 4.74 Å². The fraction of sp³-hybridized carbons (Fsp3) is 0.667. The van der Waals surface area contributed by atoms with Gasteiger partial charge in [0.1, 0.15) is 12.4 Å². The minimum absolute atomic E-state index is 0.810. The summed E-state index contributed by atoms with van der Waals surface area (Å²) in [4.78, 5) is 2.67. The predicted octanol–water partition coefficient (Wildman–Crippen LogP) is 2.84. The number of piperidine rings is 1. The van der Waals surface area contributed by atoms with Gasteiger partial charge in [-0.05, 0) is 63.7 Å². The average molecular weight is 288 g/mol. The Morgan fingerprint density at radius 1 is 1.10 bits per heavy atom. The number of nitrogens with one attached hydrogen (secondary N) is 1. The summed E-state index contributed by atoms with van der Waals surface area (Å²) in [5.41, 5.74) is 1.29. The van der Waals surface area contributed by atoms with Gasteiger partial charge >= 0.3 is 0 Å². The van der Waals surface area contributed by atoms with Crippen LogP contribution in [0.2, 0.25) is 0 Å². The van der Waals surface area contributed by atoms with E-state index in [1.807, 2.05) is 0 Å². The third-order valence-corrected chi connectivity index (χ3v) is 4.68. The summed E-state index contributed by atoms with van der Waals surface area (Å²) >= 11 is 0. The summed E-state index contributed by atoms with van der Waals surface area (Å²) in [5.74, 6) is 1.88. The van der Waals surface area contributed by atoms with Crippen LogP contribution in [0.4, 0.5) is 0 Å². The number of ether oxygens (including phenoxy) is 1. The van der Waals surface area contributed by atoms with Crippen LogP contribution < -0.4 is 10.1 Å². The Hall–Kier alpha value is -1.06. The molecule has 3 rings (SSSR count). The number of hydrogen-bond donors (Lipinski definition) is 1. The third kappa shape index (κ3) is 4.72. The Labute approximate surface area is 128 Å². The Kier molecular flexibility index (Phi) is 5.15. The lowest BCUT2D eigenvalue weighted by molar-refractivity contribution is 0.164. The highest BCUT2D eigenvalue weighted by atomic mass is 16.5. The smallest absolute Gasteiger partial charge is 0.119 e. The quantitative estimate of drug-likeness (QED) is 0.835. The number of hydrogen-bond acceptors (Lipinski definition) is 3. The van der Waals surface area contributed by atoms with Gasteiger partial charge in [-0.2, -0.15) is 0 Å². The highest BCUT2D eigenvalue weighted by molar-refractivity contribution is 5.26. The SMILES string of the molecule is Cc1ccc(OCCN(CC2CCNCC2)C2CC2)cc1. The van der Waals surface area contributed by atoms with E-state index in [2.05, 4.69) is 41.4 Å². The van der Waals surface area contributed by atoms with Crippen molar-refractivity contribution >= 4 is 0 Å². The van der Waals surface area contributed by atoms with Crippen molar-refractivity contribution in [3.8, 4) is 5.75 Å². The van der Waals surface area contributed by atoms with Gasteiger partial charge in [0.2, 0.25) is 0 Å². The minimum atomic E-state index is 0.810. The molecule has 0 unspecified atom stereocenters. The van der Waals surface area contributed by atoms with Crippen LogP contribution in [-0.4, -0.2) is 43.7 Å². The molecular formula is C18H28N2O. The van der Waals surface area contributed by atoms with E-state index in [0.29, 0.717) is 0 Å². The maximum Gasteiger partial charge on any atom is 0.119 e. The van der Waals surface area contributed by atoms with E-state index in [4.69, 9.17) is 4.74 Å². The first-order valence-electron chi connectivity index (χ1n) is 8.45. The van der Waals surface area contributed by atoms with Crippen molar-refractivity contribution in [1.29, 1.82) is 0 Å². The standard InChI is InChI=1S/C18H28N2O/c1-15-2-6-18(7-3-15)21-13-12-20(17-4-5-17)14-16-8-10-19-11-9-16/h2-3,6-7,16-17,19H,4-5,8-14H2,1H3. The fourth-order valence-corrected chi connectivity index (χ4v) is 3.17. The molecule has 0 aromatic heterocycles. The predicted molar refractivity (Wildman–Crippen MR) is 86.9 cm³/mol. The molecule has 1 aliphatic carbocycles. The molecule has 2 fully saturated rings. The van der Waals surface area contributed by atoms with Gasteiger partial charge in [-0.3, -0.25) is 4.90 Å². The van der Waals surface area contributed by atoms with Crippen molar-refractivity contribution in [3.05, 3.63) is 29.8 Å². The molecule has 1 heterocycles. The molecule has 1 aliphatic heterocycles. The topological polar surface area (TPSA) is 24.5 Å². The van der Waals surface area contributed by atoms with Crippen LogP contribution in [0.5, 0.6) is 5.75 Å². The van der Waals surface area contributed by atoms with E-state index in [9.17, 15) is 0 Å². The third-order valence-electron chi connectivity index (χ3n) is 4.68. The van der Waals surface area contributed by atoms with Crippen molar-refractivity contribution in [1.82, 2.24) is 10.2 Å². The second-order valence-electron chi connectivity index (χ2n) is 6.58. The molecule has 1 saturated heterocycles. The van der Waals surface area contributed by atoms with E-state index >= 15 is 0 Å². The number of rotatable bonds is 7. The van der Waals surface area contributed by atoms with Crippen LogP contribution in [0.1, 0.15) is 31.2 Å². The molecular weight excluding hydrogens is 260 g/mol. The van der Waals surface area contributed by atoms with E-state index in [1.54, 1.807) is 0 Å². The van der Waals surface area contributed by atoms with Gasteiger partial charge < -0.3 is 10.1 Å². The number of aryl methyl sites for hydroxylation is 1. The molecule has 1 saturated carbocycles. The molecule has 3 heteroatoms. The monoisotopic (exact) mass is 288 g/mol. The Balaban J connectivity index is 1.43. The molecule has 0 amide bonds. The summed E-state index contributed by atoms with van der Waals surface area (Å²) in [6.07, 6.45) is 5.44. The molecule has 116 valence electrons. The molecule has 0 bridgehead atoms. The lowest BCUT2D eigenvalue weighted by Crippen LogP contribution is -2.39. The molecule has 0 atom stereocenters. The van der Waals surface area contributed by atoms with Crippen LogP contribution in [0.3, 0.4) is 0 Å². The van der Waals surface area contributed by atoms with Crippen molar-refractivity contribution in [2.75, 3.05) is 32.8 Å². The summed E-state index contributed by atoms with van der Waals surface area (Å²) in [6.45, 7) is 7.65. The molecule has 1 aromatic carbocycles. The first-order chi connectivity index (χ1) is 10.3.